The Labute approximate surface area is 112 Å². The maximum absolute atomic E-state index is 10.5. The van der Waals surface area contributed by atoms with Gasteiger partial charge >= 0.3 is 5.97 Å². The number of hydrogen-bond donors (Lipinski definition) is 2. The second-order valence-electron chi connectivity index (χ2n) is 4.52. The predicted octanol–water partition coefficient (Wildman–Crippen LogP) is 3.13. The van der Waals surface area contributed by atoms with E-state index in [4.69, 9.17) is 5.11 Å². The van der Waals surface area contributed by atoms with Crippen LogP contribution in [0.2, 0.25) is 0 Å². The summed E-state index contributed by atoms with van der Waals surface area (Å²) in [6.07, 6.45) is 0.720. The average molecular weight is 269 g/mol. The summed E-state index contributed by atoms with van der Waals surface area (Å²) in [5, 5.41) is 8.64. The summed E-state index contributed by atoms with van der Waals surface area (Å²) in [5.74, 6) is 0.567. The van der Waals surface area contributed by atoms with Crippen molar-refractivity contribution in [3.63, 3.8) is 0 Å². The van der Waals surface area contributed by atoms with Crippen LogP contribution in [0.3, 0.4) is 0 Å². The van der Waals surface area contributed by atoms with Crippen LogP contribution in [0.1, 0.15) is 37.6 Å². The second kappa shape index (κ2) is 5.87. The van der Waals surface area contributed by atoms with Gasteiger partial charge in [0.25, 0.3) is 0 Å². The van der Waals surface area contributed by atoms with E-state index in [1.165, 1.54) is 0 Å². The topological polar surface area (TPSA) is 66.0 Å². The van der Waals surface area contributed by atoms with Gasteiger partial charge in [-0.05, 0) is 24.1 Å². The highest BCUT2D eigenvalue weighted by Gasteiger charge is 2.07. The number of nitrogens with zero attached hydrogens (tertiary/aromatic N) is 1. The molecule has 2 N–H and O–H groups in total. The summed E-state index contributed by atoms with van der Waals surface area (Å²) in [6, 6.07) is 5.86. The predicted molar refractivity (Wildman–Crippen MR) is 73.4 cm³/mol. The zero-order valence-corrected chi connectivity index (χ0v) is 11.3. The number of aliphatic carboxylic acids is 1. The molecule has 0 bridgehead atoms. The normalized spacial score (nSPS) is 10.6. The fourth-order valence-corrected chi connectivity index (χ4v) is 1.76. The molecule has 1 aromatic carbocycles. The van der Waals surface area contributed by atoms with Gasteiger partial charge in [-0.1, -0.05) is 19.9 Å². The molecule has 0 fully saturated rings. The fourth-order valence-electron chi connectivity index (χ4n) is 1.76. The number of nitrogens with one attached hydrogen (secondary N) is 1. The summed E-state index contributed by atoms with van der Waals surface area (Å²) in [6.45, 7) is 4.17. The molecule has 18 heavy (non-hydrogen) atoms. The van der Waals surface area contributed by atoms with E-state index < -0.39 is 5.97 Å². The van der Waals surface area contributed by atoms with Crippen LogP contribution < -0.4 is 0 Å². The average Bonchev–Trinajstić information content (AvgIpc) is 2.69. The van der Waals surface area contributed by atoms with E-state index in [9.17, 15) is 4.79 Å². The minimum absolute atomic E-state index is 0. The molecule has 4 nitrogen and oxygen atoms in total. The Kier molecular flexibility index (Phi) is 4.73. The van der Waals surface area contributed by atoms with Gasteiger partial charge in [0.1, 0.15) is 5.82 Å². The number of benzene rings is 1. The number of imidazole rings is 1. The molecule has 0 aliphatic heterocycles. The lowest BCUT2D eigenvalue weighted by Crippen LogP contribution is -1.97. The minimum atomic E-state index is -0.766. The van der Waals surface area contributed by atoms with Crippen molar-refractivity contribution >= 4 is 29.4 Å². The fraction of sp³-hybridized carbons (Fsp3) is 0.385. The smallest absolute Gasteiger partial charge is 0.303 e. The molecule has 0 aliphatic carbocycles. The largest absolute Gasteiger partial charge is 0.481 e. The van der Waals surface area contributed by atoms with Crippen molar-refractivity contribution in [1.29, 1.82) is 0 Å². The highest BCUT2D eigenvalue weighted by Crippen LogP contribution is 2.18. The molecule has 1 heterocycles. The molecule has 2 aromatic rings. The number of rotatable bonds is 4. The first kappa shape index (κ1) is 14.5. The van der Waals surface area contributed by atoms with E-state index in [1.54, 1.807) is 0 Å². The van der Waals surface area contributed by atoms with E-state index in [0.717, 1.165) is 22.4 Å². The van der Waals surface area contributed by atoms with Crippen molar-refractivity contribution in [2.45, 2.75) is 32.6 Å². The Hall–Kier alpha value is -1.55. The highest BCUT2D eigenvalue weighted by atomic mass is 35.5. The van der Waals surface area contributed by atoms with Crippen LogP contribution in [0.5, 0.6) is 0 Å². The van der Waals surface area contributed by atoms with Crippen LogP contribution in [0, 0.1) is 0 Å². The van der Waals surface area contributed by atoms with Crippen molar-refractivity contribution < 1.29 is 9.90 Å². The van der Waals surface area contributed by atoms with Crippen molar-refractivity contribution in [2.75, 3.05) is 0 Å². The molecule has 0 spiro atoms. The van der Waals surface area contributed by atoms with Crippen molar-refractivity contribution in [2.24, 2.45) is 0 Å². The molecule has 0 saturated heterocycles. The van der Waals surface area contributed by atoms with E-state index >= 15 is 0 Å². The molecule has 2 rings (SSSR count). The molecule has 5 heteroatoms. The Morgan fingerprint density at radius 2 is 2.17 bits per heavy atom. The standard InChI is InChI=1S/C13H16N2O2.ClH/c1-8(2)13-14-10-5-3-9(4-6-12(16)17)7-11(10)15-13;/h3,5,7-8H,4,6H2,1-2H3,(H,14,15)(H,16,17);1H. The summed E-state index contributed by atoms with van der Waals surface area (Å²) < 4.78 is 0. The number of halogens is 1. The number of carboxylic acids is 1. The quantitative estimate of drug-likeness (QED) is 0.895. The first-order valence-electron chi connectivity index (χ1n) is 5.76. The molecule has 0 saturated carbocycles. The van der Waals surface area contributed by atoms with Crippen molar-refractivity contribution in [1.82, 2.24) is 9.97 Å². The Bertz CT molecular complexity index is 549. The van der Waals surface area contributed by atoms with Crippen LogP contribution in [0.4, 0.5) is 0 Å². The van der Waals surface area contributed by atoms with Gasteiger partial charge in [-0.2, -0.15) is 0 Å². The Morgan fingerprint density at radius 3 is 2.78 bits per heavy atom. The van der Waals surface area contributed by atoms with Gasteiger partial charge < -0.3 is 10.1 Å². The second-order valence-corrected chi connectivity index (χ2v) is 4.52. The zero-order chi connectivity index (χ0) is 12.4. The van der Waals surface area contributed by atoms with Gasteiger partial charge in [-0.25, -0.2) is 4.98 Å². The third kappa shape index (κ3) is 3.23. The lowest BCUT2D eigenvalue weighted by molar-refractivity contribution is -0.136. The third-order valence-corrected chi connectivity index (χ3v) is 2.74. The van der Waals surface area contributed by atoms with Gasteiger partial charge in [0.2, 0.25) is 0 Å². The minimum Gasteiger partial charge on any atom is -0.481 e. The summed E-state index contributed by atoms with van der Waals surface area (Å²) in [5.41, 5.74) is 2.95. The monoisotopic (exact) mass is 268 g/mol. The Morgan fingerprint density at radius 1 is 1.44 bits per heavy atom. The van der Waals surface area contributed by atoms with E-state index in [1.807, 2.05) is 18.2 Å². The molecule has 0 atom stereocenters. The number of carboxylic acid groups (broad SMARTS) is 1. The van der Waals surface area contributed by atoms with Gasteiger partial charge in [0.15, 0.2) is 0 Å². The summed E-state index contributed by atoms with van der Waals surface area (Å²) >= 11 is 0. The van der Waals surface area contributed by atoms with Gasteiger partial charge in [-0.3, -0.25) is 4.79 Å². The number of aromatic amines is 1. The summed E-state index contributed by atoms with van der Waals surface area (Å²) in [7, 11) is 0. The molecule has 0 amide bonds. The van der Waals surface area contributed by atoms with E-state index in [-0.39, 0.29) is 18.8 Å². The SMILES string of the molecule is CC(C)c1nc2ccc(CCC(=O)O)cc2[nH]1.Cl. The van der Waals surface area contributed by atoms with Gasteiger partial charge in [-0.15, -0.1) is 12.4 Å². The highest BCUT2D eigenvalue weighted by molar-refractivity contribution is 5.85. The molecule has 0 aliphatic rings. The van der Waals surface area contributed by atoms with Crippen LogP contribution in [0.15, 0.2) is 18.2 Å². The van der Waals surface area contributed by atoms with E-state index in [0.29, 0.717) is 12.3 Å². The third-order valence-electron chi connectivity index (χ3n) is 2.74. The molecular formula is C13H17ClN2O2. The maximum atomic E-state index is 10.5. The van der Waals surface area contributed by atoms with Crippen LogP contribution >= 0.6 is 12.4 Å². The summed E-state index contributed by atoms with van der Waals surface area (Å²) in [4.78, 5) is 18.3. The van der Waals surface area contributed by atoms with Crippen LogP contribution in [-0.2, 0) is 11.2 Å². The van der Waals surface area contributed by atoms with Crippen molar-refractivity contribution in [3.8, 4) is 0 Å². The zero-order valence-electron chi connectivity index (χ0n) is 10.4. The Balaban J connectivity index is 0.00000162. The van der Waals surface area contributed by atoms with Gasteiger partial charge in [0.05, 0.1) is 11.0 Å². The molecular weight excluding hydrogens is 252 g/mol. The van der Waals surface area contributed by atoms with Gasteiger partial charge in [0, 0.05) is 12.3 Å². The number of fused-ring (bicyclic) bond motifs is 1. The molecule has 98 valence electrons. The number of carbonyl (C=O) groups is 1. The molecule has 1 aromatic heterocycles. The molecule has 0 radical (unpaired) electrons. The number of hydrogen-bond acceptors (Lipinski definition) is 2. The first-order chi connectivity index (χ1) is 8.06. The van der Waals surface area contributed by atoms with Crippen molar-refractivity contribution in [3.05, 3.63) is 29.6 Å². The van der Waals surface area contributed by atoms with Crippen LogP contribution in [0.25, 0.3) is 11.0 Å². The lowest BCUT2D eigenvalue weighted by atomic mass is 10.1. The molecule has 0 unspecified atom stereocenters. The first-order valence-corrected chi connectivity index (χ1v) is 5.76. The lowest BCUT2D eigenvalue weighted by Gasteiger charge is -1.98. The van der Waals surface area contributed by atoms with E-state index in [2.05, 4.69) is 23.8 Å². The number of aryl methyl sites for hydroxylation is 1. The van der Waals surface area contributed by atoms with Crippen LogP contribution in [-0.4, -0.2) is 21.0 Å². The maximum Gasteiger partial charge on any atom is 0.303 e. The number of aromatic nitrogens is 2. The number of H-pyrrole nitrogens is 1.